The third-order valence-corrected chi connectivity index (χ3v) is 5.50. The number of pyridine rings is 1. The summed E-state index contributed by atoms with van der Waals surface area (Å²) in [7, 11) is 3.41. The van der Waals surface area contributed by atoms with Gasteiger partial charge in [-0.15, -0.1) is 0 Å². The van der Waals surface area contributed by atoms with Gasteiger partial charge < -0.3 is 20.5 Å². The highest BCUT2D eigenvalue weighted by Gasteiger charge is 2.18. The van der Waals surface area contributed by atoms with Crippen molar-refractivity contribution < 1.29 is 4.92 Å². The molecule has 0 unspecified atom stereocenters. The highest BCUT2D eigenvalue weighted by atomic mass is 35.5. The molecular weight excluding hydrogens is 493 g/mol. The zero-order valence-electron chi connectivity index (χ0n) is 18.8. The summed E-state index contributed by atoms with van der Waals surface area (Å²) >= 11 is 12.5. The number of benzene rings is 1. The van der Waals surface area contributed by atoms with Gasteiger partial charge in [0.25, 0.3) is 0 Å². The predicted molar refractivity (Wildman–Crippen MR) is 137 cm³/mol. The highest BCUT2D eigenvalue weighted by molar-refractivity contribution is 6.36. The van der Waals surface area contributed by atoms with Gasteiger partial charge in [-0.1, -0.05) is 23.2 Å². The van der Waals surface area contributed by atoms with Gasteiger partial charge in [0.1, 0.15) is 5.82 Å². The first-order valence-electron chi connectivity index (χ1n) is 10.4. The molecule has 0 radical (unpaired) electrons. The van der Waals surface area contributed by atoms with Crippen LogP contribution < -0.4 is 15.5 Å². The Labute approximate surface area is 210 Å². The summed E-state index contributed by atoms with van der Waals surface area (Å²) in [6.07, 6.45) is 4.95. The van der Waals surface area contributed by atoms with Gasteiger partial charge in [-0.2, -0.15) is 0 Å². The quantitative estimate of drug-likeness (QED) is 0.164. The third-order valence-electron chi connectivity index (χ3n) is 4.95. The number of aromatic amines is 1. The number of hydrogen-bond donors (Lipinski definition) is 3. The first-order valence-corrected chi connectivity index (χ1v) is 11.2. The SMILES string of the molecule is CN(C)c1nc(NCCNc2ncc(-c3cnc[nH]3)c(-c3ccc(Cl)cc3Cl)n2)ccc1[N+](=O)[O-]. The molecule has 0 aliphatic rings. The highest BCUT2D eigenvalue weighted by Crippen LogP contribution is 2.35. The molecule has 0 saturated heterocycles. The van der Waals surface area contributed by atoms with E-state index in [0.29, 0.717) is 46.2 Å². The van der Waals surface area contributed by atoms with E-state index in [1.165, 1.54) is 6.07 Å². The maximum absolute atomic E-state index is 11.2. The van der Waals surface area contributed by atoms with Crippen LogP contribution in [0, 0.1) is 10.1 Å². The molecule has 13 heteroatoms. The van der Waals surface area contributed by atoms with Crippen molar-refractivity contribution in [2.24, 2.45) is 0 Å². The van der Waals surface area contributed by atoms with Crippen molar-refractivity contribution >= 4 is 46.5 Å². The first-order chi connectivity index (χ1) is 16.8. The first kappa shape index (κ1) is 24.2. The van der Waals surface area contributed by atoms with Crippen molar-refractivity contribution in [3.8, 4) is 22.5 Å². The lowest BCUT2D eigenvalue weighted by Gasteiger charge is -2.14. The van der Waals surface area contributed by atoms with Crippen LogP contribution >= 0.6 is 23.2 Å². The van der Waals surface area contributed by atoms with E-state index >= 15 is 0 Å². The summed E-state index contributed by atoms with van der Waals surface area (Å²) in [5.74, 6) is 1.20. The zero-order chi connectivity index (χ0) is 24.9. The van der Waals surface area contributed by atoms with Gasteiger partial charge in [-0.25, -0.2) is 19.9 Å². The average molecular weight is 514 g/mol. The van der Waals surface area contributed by atoms with E-state index in [-0.39, 0.29) is 11.5 Å². The summed E-state index contributed by atoms with van der Waals surface area (Å²) in [5.41, 5.74) is 2.75. The minimum absolute atomic E-state index is 0.0576. The third kappa shape index (κ3) is 5.58. The van der Waals surface area contributed by atoms with Gasteiger partial charge in [0.15, 0.2) is 0 Å². The molecule has 0 saturated carbocycles. The number of aromatic nitrogens is 5. The van der Waals surface area contributed by atoms with Gasteiger partial charge in [0.05, 0.1) is 33.9 Å². The normalized spacial score (nSPS) is 10.7. The Morgan fingerprint density at radius 3 is 2.54 bits per heavy atom. The van der Waals surface area contributed by atoms with E-state index in [1.54, 1.807) is 62.0 Å². The molecule has 0 bridgehead atoms. The number of H-pyrrole nitrogens is 1. The molecule has 4 rings (SSSR count). The number of nitrogens with zero attached hydrogens (tertiary/aromatic N) is 6. The predicted octanol–water partition coefficient (Wildman–Crippen LogP) is 4.73. The van der Waals surface area contributed by atoms with E-state index in [9.17, 15) is 10.1 Å². The summed E-state index contributed by atoms with van der Waals surface area (Å²) in [6, 6.07) is 8.21. The fourth-order valence-corrected chi connectivity index (χ4v) is 3.83. The van der Waals surface area contributed by atoms with Crippen LogP contribution in [0.15, 0.2) is 49.1 Å². The van der Waals surface area contributed by atoms with E-state index in [1.807, 2.05) is 0 Å². The molecule has 180 valence electrons. The van der Waals surface area contributed by atoms with Crippen molar-refractivity contribution in [1.82, 2.24) is 24.9 Å². The molecule has 3 aromatic heterocycles. The molecule has 0 aliphatic heterocycles. The second-order valence-corrected chi connectivity index (χ2v) is 8.43. The lowest BCUT2D eigenvalue weighted by atomic mass is 10.1. The van der Waals surface area contributed by atoms with Crippen molar-refractivity contribution in [2.45, 2.75) is 0 Å². The van der Waals surface area contributed by atoms with Crippen LogP contribution in [0.2, 0.25) is 10.0 Å². The minimum atomic E-state index is -0.456. The van der Waals surface area contributed by atoms with Crippen molar-refractivity contribution in [1.29, 1.82) is 0 Å². The molecule has 3 N–H and O–H groups in total. The van der Waals surface area contributed by atoms with Crippen LogP contribution in [0.1, 0.15) is 0 Å². The van der Waals surface area contributed by atoms with Gasteiger partial charge in [0.2, 0.25) is 11.8 Å². The molecule has 3 heterocycles. The van der Waals surface area contributed by atoms with Crippen molar-refractivity contribution in [3.05, 3.63) is 69.2 Å². The van der Waals surface area contributed by atoms with Crippen LogP contribution in [0.5, 0.6) is 0 Å². The standard InChI is InChI=1S/C22H21Cl2N9O2/c1-32(2)21-18(33(34)35)5-6-19(30-21)26-7-8-27-22-28-10-15(17-11-25-12-29-17)20(31-22)14-4-3-13(23)9-16(14)24/h3-6,9-12H,7-8H2,1-2H3,(H,25,29)(H,26,30)(H,27,28,31). The zero-order valence-corrected chi connectivity index (χ0v) is 20.3. The Kier molecular flexibility index (Phi) is 7.28. The van der Waals surface area contributed by atoms with Crippen molar-refractivity contribution in [2.75, 3.05) is 42.7 Å². The van der Waals surface area contributed by atoms with Crippen LogP contribution in [0.4, 0.5) is 23.3 Å². The van der Waals surface area contributed by atoms with Gasteiger partial charge >= 0.3 is 5.69 Å². The number of imidazole rings is 1. The fourth-order valence-electron chi connectivity index (χ4n) is 3.33. The summed E-state index contributed by atoms with van der Waals surface area (Å²) < 4.78 is 0. The molecule has 0 atom stereocenters. The summed E-state index contributed by atoms with van der Waals surface area (Å²) in [6.45, 7) is 0.938. The maximum atomic E-state index is 11.2. The monoisotopic (exact) mass is 513 g/mol. The topological polar surface area (TPSA) is 138 Å². The van der Waals surface area contributed by atoms with E-state index < -0.39 is 4.92 Å². The lowest BCUT2D eigenvalue weighted by molar-refractivity contribution is -0.384. The smallest absolute Gasteiger partial charge is 0.311 e. The summed E-state index contributed by atoms with van der Waals surface area (Å²) in [5, 5.41) is 18.5. The lowest BCUT2D eigenvalue weighted by Crippen LogP contribution is -2.18. The van der Waals surface area contributed by atoms with Crippen LogP contribution in [0.25, 0.3) is 22.5 Å². The van der Waals surface area contributed by atoms with E-state index in [4.69, 9.17) is 23.2 Å². The molecular formula is C22H21Cl2N9O2. The fraction of sp³-hybridized carbons (Fsp3) is 0.182. The Bertz CT molecular complexity index is 1350. The molecule has 4 aromatic rings. The number of hydrogen-bond acceptors (Lipinski definition) is 9. The Balaban J connectivity index is 1.50. The van der Waals surface area contributed by atoms with Crippen LogP contribution in [0.3, 0.4) is 0 Å². The Morgan fingerprint density at radius 1 is 1.06 bits per heavy atom. The van der Waals surface area contributed by atoms with Crippen molar-refractivity contribution in [3.63, 3.8) is 0 Å². The molecule has 11 nitrogen and oxygen atoms in total. The Hall–Kier alpha value is -3.96. The number of anilines is 3. The Morgan fingerprint density at radius 2 is 1.86 bits per heavy atom. The van der Waals surface area contributed by atoms with E-state index in [0.717, 1.165) is 11.3 Å². The van der Waals surface area contributed by atoms with Crippen LogP contribution in [-0.2, 0) is 0 Å². The largest absolute Gasteiger partial charge is 0.368 e. The molecule has 0 aliphatic carbocycles. The van der Waals surface area contributed by atoms with Gasteiger partial charge in [-0.3, -0.25) is 10.1 Å². The molecule has 0 amide bonds. The number of halogens is 2. The second-order valence-electron chi connectivity index (χ2n) is 7.59. The van der Waals surface area contributed by atoms with Gasteiger partial charge in [0, 0.05) is 55.6 Å². The molecule has 1 aromatic carbocycles. The molecule has 0 fully saturated rings. The number of nitro groups is 1. The number of nitrogens with one attached hydrogen (secondary N) is 3. The molecule has 0 spiro atoms. The van der Waals surface area contributed by atoms with E-state index in [2.05, 4.69) is 35.6 Å². The van der Waals surface area contributed by atoms with Crippen LogP contribution in [-0.4, -0.2) is 57.0 Å². The minimum Gasteiger partial charge on any atom is -0.368 e. The summed E-state index contributed by atoms with van der Waals surface area (Å²) in [4.78, 5) is 32.9. The van der Waals surface area contributed by atoms with Gasteiger partial charge in [-0.05, 0) is 24.3 Å². The average Bonchev–Trinajstić information content (AvgIpc) is 3.36. The second kappa shape index (κ2) is 10.5. The number of rotatable bonds is 9. The maximum Gasteiger partial charge on any atom is 0.311 e. The molecule has 35 heavy (non-hydrogen) atoms.